The number of hydrogen-bond donors (Lipinski definition) is 0. The van der Waals surface area contributed by atoms with E-state index in [9.17, 15) is 4.79 Å². The van der Waals surface area contributed by atoms with E-state index < -0.39 is 0 Å². The van der Waals surface area contributed by atoms with Crippen molar-refractivity contribution >= 4 is 15.0 Å². The molecule has 1 aliphatic heterocycles. The lowest BCUT2D eigenvalue weighted by atomic mass is 9.83. The molecule has 1 unspecified atom stereocenters. The van der Waals surface area contributed by atoms with Gasteiger partial charge in [0.25, 0.3) is 0 Å². The molecule has 0 radical (unpaired) electrons. The summed E-state index contributed by atoms with van der Waals surface area (Å²) in [6, 6.07) is 0. The lowest BCUT2D eigenvalue weighted by Gasteiger charge is -2.27. The van der Waals surface area contributed by atoms with Crippen LogP contribution in [0.15, 0.2) is 35.2 Å². The van der Waals surface area contributed by atoms with Gasteiger partial charge in [-0.3, -0.25) is 4.79 Å². The fourth-order valence-corrected chi connectivity index (χ4v) is 4.36. The van der Waals surface area contributed by atoms with E-state index in [0.29, 0.717) is 5.92 Å². The SMILES string of the molecule is C=C(CC)N1CC(C)(C)C(C)=C1/C=C(/CC1CCC(P)CC1)C(C)=O. The van der Waals surface area contributed by atoms with Gasteiger partial charge < -0.3 is 4.90 Å². The summed E-state index contributed by atoms with van der Waals surface area (Å²) in [5.74, 6) is 0.880. The molecule has 1 atom stereocenters. The van der Waals surface area contributed by atoms with Crippen LogP contribution >= 0.6 is 9.24 Å². The molecule has 0 aromatic carbocycles. The molecule has 0 bridgehead atoms. The smallest absolute Gasteiger partial charge is 0.155 e. The fourth-order valence-electron chi connectivity index (χ4n) is 3.98. The van der Waals surface area contributed by atoms with Crippen LogP contribution in [0.3, 0.4) is 0 Å². The maximum atomic E-state index is 12.3. The van der Waals surface area contributed by atoms with Crippen LogP contribution in [0.2, 0.25) is 0 Å². The molecule has 2 rings (SSSR count). The van der Waals surface area contributed by atoms with Crippen molar-refractivity contribution in [3.8, 4) is 0 Å². The third-order valence-electron chi connectivity index (χ3n) is 6.20. The molecule has 0 aromatic rings. The van der Waals surface area contributed by atoms with E-state index in [1.54, 1.807) is 6.92 Å². The summed E-state index contributed by atoms with van der Waals surface area (Å²) in [6.45, 7) is 15.9. The molecule has 25 heavy (non-hydrogen) atoms. The molecule has 0 N–H and O–H groups in total. The molecule has 140 valence electrons. The Kier molecular flexibility index (Phi) is 6.71. The van der Waals surface area contributed by atoms with Crippen LogP contribution in [0.25, 0.3) is 0 Å². The van der Waals surface area contributed by atoms with Gasteiger partial charge in [0.15, 0.2) is 5.78 Å². The Morgan fingerprint density at radius 3 is 2.44 bits per heavy atom. The average molecular weight is 362 g/mol. The Balaban J connectivity index is 2.28. The first-order chi connectivity index (χ1) is 11.7. The Hall–Kier alpha value is -0.880. The monoisotopic (exact) mass is 361 g/mol. The van der Waals surface area contributed by atoms with Crippen molar-refractivity contribution < 1.29 is 4.79 Å². The summed E-state index contributed by atoms with van der Waals surface area (Å²) in [6.07, 6.45) is 9.08. The van der Waals surface area contributed by atoms with Crippen molar-refractivity contribution in [1.82, 2.24) is 4.90 Å². The molecule has 2 nitrogen and oxygen atoms in total. The number of carbonyl (C=O) groups is 1. The Bertz CT molecular complexity index is 591. The van der Waals surface area contributed by atoms with Gasteiger partial charge >= 0.3 is 0 Å². The summed E-state index contributed by atoms with van der Waals surface area (Å²) in [4.78, 5) is 14.7. The van der Waals surface area contributed by atoms with Crippen molar-refractivity contribution in [3.63, 3.8) is 0 Å². The quantitative estimate of drug-likeness (QED) is 0.436. The molecular formula is C22H36NOP. The Labute approximate surface area is 157 Å². The molecule has 1 fully saturated rings. The van der Waals surface area contributed by atoms with Crippen LogP contribution in [0, 0.1) is 11.3 Å². The third-order valence-corrected chi connectivity index (χ3v) is 6.86. The summed E-state index contributed by atoms with van der Waals surface area (Å²) < 4.78 is 0. The summed E-state index contributed by atoms with van der Waals surface area (Å²) in [5, 5.41) is 0. The molecule has 1 aliphatic carbocycles. The first-order valence-electron chi connectivity index (χ1n) is 9.79. The number of hydrogen-bond acceptors (Lipinski definition) is 2. The maximum absolute atomic E-state index is 12.3. The van der Waals surface area contributed by atoms with E-state index in [1.165, 1.54) is 37.0 Å². The zero-order valence-corrected chi connectivity index (χ0v) is 18.0. The summed E-state index contributed by atoms with van der Waals surface area (Å²) in [7, 11) is 2.96. The van der Waals surface area contributed by atoms with Crippen molar-refractivity contribution in [2.45, 2.75) is 78.8 Å². The molecule has 2 aliphatic rings. The minimum atomic E-state index is 0.128. The normalized spacial score (nSPS) is 27.0. The highest BCUT2D eigenvalue weighted by Crippen LogP contribution is 2.42. The highest BCUT2D eigenvalue weighted by Gasteiger charge is 2.35. The predicted octanol–water partition coefficient (Wildman–Crippen LogP) is 5.87. The lowest BCUT2D eigenvalue weighted by Crippen LogP contribution is -2.24. The second kappa shape index (κ2) is 8.21. The zero-order chi connectivity index (χ0) is 18.8. The molecule has 1 heterocycles. The van der Waals surface area contributed by atoms with E-state index in [4.69, 9.17) is 0 Å². The van der Waals surface area contributed by atoms with Gasteiger partial charge in [-0.2, -0.15) is 0 Å². The molecule has 0 amide bonds. The minimum absolute atomic E-state index is 0.128. The van der Waals surface area contributed by atoms with Gasteiger partial charge in [0.1, 0.15) is 0 Å². The molecule has 0 aromatic heterocycles. The van der Waals surface area contributed by atoms with Crippen LogP contribution < -0.4 is 0 Å². The van der Waals surface area contributed by atoms with Crippen LogP contribution in [0.1, 0.15) is 73.1 Å². The van der Waals surface area contributed by atoms with Gasteiger partial charge in [-0.15, -0.1) is 9.24 Å². The first kappa shape index (κ1) is 20.4. The van der Waals surface area contributed by atoms with Gasteiger partial charge in [-0.1, -0.05) is 27.4 Å². The number of ketones is 1. The van der Waals surface area contributed by atoms with Crippen LogP contribution in [0.4, 0.5) is 0 Å². The van der Waals surface area contributed by atoms with Gasteiger partial charge in [0, 0.05) is 23.4 Å². The Morgan fingerprint density at radius 1 is 1.32 bits per heavy atom. The number of carbonyl (C=O) groups excluding carboxylic acids is 1. The number of allylic oxidation sites excluding steroid dienone is 3. The van der Waals surface area contributed by atoms with Crippen molar-refractivity contribution in [2.24, 2.45) is 11.3 Å². The molecule has 3 heteroatoms. The fraction of sp³-hybridized carbons (Fsp3) is 0.682. The summed E-state index contributed by atoms with van der Waals surface area (Å²) >= 11 is 0. The maximum Gasteiger partial charge on any atom is 0.155 e. The van der Waals surface area contributed by atoms with E-state index in [2.05, 4.69) is 54.5 Å². The molecule has 1 saturated carbocycles. The first-order valence-corrected chi connectivity index (χ1v) is 10.5. The highest BCUT2D eigenvalue weighted by molar-refractivity contribution is 7.17. The van der Waals surface area contributed by atoms with E-state index in [-0.39, 0.29) is 11.2 Å². The van der Waals surface area contributed by atoms with E-state index >= 15 is 0 Å². The van der Waals surface area contributed by atoms with Gasteiger partial charge in [0.2, 0.25) is 0 Å². The number of Topliss-reactive ketones (excluding diaryl/α,β-unsaturated/α-hetero) is 1. The Morgan fingerprint density at radius 2 is 1.92 bits per heavy atom. The second-order valence-corrected chi connectivity index (χ2v) is 9.55. The van der Waals surface area contributed by atoms with Crippen LogP contribution in [0.5, 0.6) is 0 Å². The number of rotatable bonds is 6. The molecule has 0 spiro atoms. The average Bonchev–Trinajstić information content (AvgIpc) is 2.78. The minimum Gasteiger partial charge on any atom is -0.345 e. The number of nitrogens with zero attached hydrogens (tertiary/aromatic N) is 1. The van der Waals surface area contributed by atoms with Crippen LogP contribution in [-0.4, -0.2) is 22.9 Å². The van der Waals surface area contributed by atoms with Crippen molar-refractivity contribution in [3.05, 3.63) is 35.2 Å². The largest absolute Gasteiger partial charge is 0.345 e. The predicted molar refractivity (Wildman–Crippen MR) is 111 cm³/mol. The molecular weight excluding hydrogens is 325 g/mol. The van der Waals surface area contributed by atoms with E-state index in [1.807, 2.05) is 0 Å². The third kappa shape index (κ3) is 4.85. The standard InChI is InChI=1S/C22H36NOP/c1-7-15(2)23-14-22(5,6)16(3)21(23)13-19(17(4)24)12-18-8-10-20(25)11-9-18/h13,18,20H,2,7-12,14,25H2,1,3-6H3/b19-13-. The molecule has 0 saturated heterocycles. The topological polar surface area (TPSA) is 20.3 Å². The summed E-state index contributed by atoms with van der Waals surface area (Å²) in [5.41, 5.74) is 5.61. The van der Waals surface area contributed by atoms with Crippen LogP contribution in [-0.2, 0) is 4.79 Å². The highest BCUT2D eigenvalue weighted by atomic mass is 31.0. The zero-order valence-electron chi connectivity index (χ0n) is 16.8. The van der Waals surface area contributed by atoms with E-state index in [0.717, 1.165) is 36.3 Å². The second-order valence-electron chi connectivity index (χ2n) is 8.61. The van der Waals surface area contributed by atoms with Crippen molar-refractivity contribution in [2.75, 3.05) is 6.54 Å². The van der Waals surface area contributed by atoms with Gasteiger partial charge in [-0.25, -0.2) is 0 Å². The van der Waals surface area contributed by atoms with Gasteiger partial charge in [-0.05, 0) is 81.2 Å². The van der Waals surface area contributed by atoms with Gasteiger partial charge in [0.05, 0.1) is 0 Å². The lowest BCUT2D eigenvalue weighted by molar-refractivity contribution is -0.113. The van der Waals surface area contributed by atoms with Crippen molar-refractivity contribution in [1.29, 1.82) is 0 Å².